The van der Waals surface area contributed by atoms with Crippen LogP contribution in [0.3, 0.4) is 0 Å². The van der Waals surface area contributed by atoms with Crippen molar-refractivity contribution in [2.75, 3.05) is 32.8 Å². The van der Waals surface area contributed by atoms with Gasteiger partial charge in [-0.05, 0) is 32.9 Å². The van der Waals surface area contributed by atoms with Gasteiger partial charge >= 0.3 is 5.97 Å². The molecule has 1 unspecified atom stereocenters. The molecule has 1 spiro atoms. The average molecular weight is 323 g/mol. The Balaban J connectivity index is 1.81. The molecule has 2 saturated heterocycles. The van der Waals surface area contributed by atoms with Crippen molar-refractivity contribution in [1.82, 2.24) is 15.2 Å². The summed E-state index contributed by atoms with van der Waals surface area (Å²) < 4.78 is 5.27. The lowest BCUT2D eigenvalue weighted by Gasteiger charge is -2.37. The minimum Gasteiger partial charge on any atom is -0.466 e. The van der Waals surface area contributed by atoms with Crippen LogP contribution in [0.5, 0.6) is 0 Å². The molecule has 0 radical (unpaired) electrons. The predicted molar refractivity (Wildman–Crippen MR) is 82.7 cm³/mol. The van der Waals surface area contributed by atoms with E-state index in [1.165, 1.54) is 11.3 Å². The number of carbonyl (C=O) groups excluding carboxylic acids is 2. The maximum Gasteiger partial charge on any atom is 0.311 e. The predicted octanol–water partition coefficient (Wildman–Crippen LogP) is 1.15. The fourth-order valence-electron chi connectivity index (χ4n) is 3.60. The van der Waals surface area contributed by atoms with Crippen molar-refractivity contribution in [2.24, 2.45) is 11.3 Å². The Morgan fingerprint density at radius 3 is 2.91 bits per heavy atom. The summed E-state index contributed by atoms with van der Waals surface area (Å²) in [5, 5.41) is 3.34. The van der Waals surface area contributed by atoms with E-state index < -0.39 is 0 Å². The molecule has 0 aliphatic carbocycles. The number of nitrogens with zero attached hydrogens (tertiary/aromatic N) is 2. The molecule has 120 valence electrons. The van der Waals surface area contributed by atoms with Gasteiger partial charge in [0.25, 0.3) is 5.91 Å². The maximum atomic E-state index is 12.6. The first kappa shape index (κ1) is 15.4. The van der Waals surface area contributed by atoms with Gasteiger partial charge in [0.05, 0.1) is 24.2 Å². The van der Waals surface area contributed by atoms with Crippen molar-refractivity contribution >= 4 is 23.2 Å². The number of carbonyl (C=O) groups is 2. The van der Waals surface area contributed by atoms with Crippen LogP contribution in [0.15, 0.2) is 11.7 Å². The standard InChI is InChI=1S/C15H21N3O3S/c1-2-21-14(20)11-8-18(13(19)12-7-17-10-22-12)9-15(11)3-5-16-6-4-15/h7,10-11,16H,2-6,8-9H2,1H3. The third kappa shape index (κ3) is 2.75. The Morgan fingerprint density at radius 1 is 1.50 bits per heavy atom. The van der Waals surface area contributed by atoms with Gasteiger partial charge in [-0.15, -0.1) is 11.3 Å². The first-order valence-electron chi connectivity index (χ1n) is 7.71. The first-order chi connectivity index (χ1) is 10.7. The number of amides is 1. The summed E-state index contributed by atoms with van der Waals surface area (Å²) >= 11 is 1.34. The van der Waals surface area contributed by atoms with Gasteiger partial charge in [-0.2, -0.15) is 0 Å². The number of esters is 1. The second-order valence-corrected chi connectivity index (χ2v) is 6.85. The molecule has 2 aliphatic heterocycles. The SMILES string of the molecule is CCOC(=O)C1CN(C(=O)c2cncs2)CC12CCNCC2. The molecule has 2 fully saturated rings. The van der Waals surface area contributed by atoms with Gasteiger partial charge in [0, 0.05) is 18.5 Å². The van der Waals surface area contributed by atoms with E-state index in [1.54, 1.807) is 16.6 Å². The van der Waals surface area contributed by atoms with Crippen molar-refractivity contribution in [3.05, 3.63) is 16.6 Å². The number of hydrogen-bond donors (Lipinski definition) is 1. The molecule has 2 aliphatic rings. The summed E-state index contributed by atoms with van der Waals surface area (Å²) in [4.78, 5) is 31.4. The molecule has 3 heterocycles. The minimum absolute atomic E-state index is 0.0211. The molecule has 22 heavy (non-hydrogen) atoms. The van der Waals surface area contributed by atoms with Crippen LogP contribution in [0.25, 0.3) is 0 Å². The van der Waals surface area contributed by atoms with Crippen LogP contribution >= 0.6 is 11.3 Å². The summed E-state index contributed by atoms with van der Waals surface area (Å²) in [6.07, 6.45) is 3.41. The van der Waals surface area contributed by atoms with Crippen LogP contribution in [0.1, 0.15) is 29.4 Å². The van der Waals surface area contributed by atoms with Gasteiger partial charge in [-0.3, -0.25) is 14.6 Å². The normalized spacial score (nSPS) is 23.7. The van der Waals surface area contributed by atoms with Crippen molar-refractivity contribution < 1.29 is 14.3 Å². The summed E-state index contributed by atoms with van der Waals surface area (Å²) in [6.45, 7) is 5.07. The second kappa shape index (κ2) is 6.34. The Kier molecular flexibility index (Phi) is 4.44. The van der Waals surface area contributed by atoms with Gasteiger partial charge in [0.2, 0.25) is 0 Å². The third-order valence-corrected chi connectivity index (χ3v) is 5.51. The zero-order chi connectivity index (χ0) is 15.6. The number of nitrogens with one attached hydrogen (secondary N) is 1. The van der Waals surface area contributed by atoms with Crippen LogP contribution in [-0.4, -0.2) is 54.5 Å². The lowest BCUT2D eigenvalue weighted by Crippen LogP contribution is -2.44. The van der Waals surface area contributed by atoms with E-state index in [0.717, 1.165) is 25.9 Å². The van der Waals surface area contributed by atoms with Gasteiger partial charge in [-0.25, -0.2) is 0 Å². The summed E-state index contributed by atoms with van der Waals surface area (Å²) in [7, 11) is 0. The topological polar surface area (TPSA) is 71.5 Å². The maximum absolute atomic E-state index is 12.6. The van der Waals surface area contributed by atoms with Crippen LogP contribution in [-0.2, 0) is 9.53 Å². The zero-order valence-electron chi connectivity index (χ0n) is 12.7. The highest BCUT2D eigenvalue weighted by Crippen LogP contribution is 2.44. The van der Waals surface area contributed by atoms with E-state index in [-0.39, 0.29) is 23.2 Å². The number of likely N-dealkylation sites (tertiary alicyclic amines) is 1. The molecule has 1 aromatic rings. The second-order valence-electron chi connectivity index (χ2n) is 5.97. The number of ether oxygens (including phenoxy) is 1. The number of piperidine rings is 1. The van der Waals surface area contributed by atoms with Crippen LogP contribution in [0, 0.1) is 11.3 Å². The van der Waals surface area contributed by atoms with E-state index >= 15 is 0 Å². The van der Waals surface area contributed by atoms with E-state index in [2.05, 4.69) is 10.3 Å². The summed E-state index contributed by atoms with van der Waals surface area (Å²) in [5.74, 6) is -0.400. The smallest absolute Gasteiger partial charge is 0.311 e. The van der Waals surface area contributed by atoms with Crippen LogP contribution < -0.4 is 5.32 Å². The van der Waals surface area contributed by atoms with E-state index in [9.17, 15) is 9.59 Å². The molecular weight excluding hydrogens is 302 g/mol. The zero-order valence-corrected chi connectivity index (χ0v) is 13.5. The van der Waals surface area contributed by atoms with Gasteiger partial charge in [0.1, 0.15) is 4.88 Å². The summed E-state index contributed by atoms with van der Waals surface area (Å²) in [5.41, 5.74) is 1.52. The number of aromatic nitrogens is 1. The molecule has 1 N–H and O–H groups in total. The Hall–Kier alpha value is -1.47. The number of hydrogen-bond acceptors (Lipinski definition) is 6. The molecule has 1 amide bonds. The summed E-state index contributed by atoms with van der Waals surface area (Å²) in [6, 6.07) is 0. The van der Waals surface area contributed by atoms with Crippen LogP contribution in [0.4, 0.5) is 0 Å². The lowest BCUT2D eigenvalue weighted by molar-refractivity contribution is -0.151. The highest BCUT2D eigenvalue weighted by atomic mass is 32.1. The van der Waals surface area contributed by atoms with E-state index in [0.29, 0.717) is 24.6 Å². The highest BCUT2D eigenvalue weighted by molar-refractivity contribution is 7.11. The van der Waals surface area contributed by atoms with Crippen LogP contribution in [0.2, 0.25) is 0 Å². The molecule has 3 rings (SSSR count). The number of thiazole rings is 1. The van der Waals surface area contributed by atoms with Gasteiger partial charge < -0.3 is 15.0 Å². The van der Waals surface area contributed by atoms with Gasteiger partial charge in [0.15, 0.2) is 0 Å². The van der Waals surface area contributed by atoms with E-state index in [1.807, 2.05) is 6.92 Å². The molecule has 7 heteroatoms. The molecule has 0 aromatic carbocycles. The molecule has 0 bridgehead atoms. The Morgan fingerprint density at radius 2 is 2.27 bits per heavy atom. The lowest BCUT2D eigenvalue weighted by atomic mass is 9.71. The molecule has 0 saturated carbocycles. The van der Waals surface area contributed by atoms with Gasteiger partial charge in [-0.1, -0.05) is 0 Å². The minimum atomic E-state index is -0.216. The fraction of sp³-hybridized carbons (Fsp3) is 0.667. The van der Waals surface area contributed by atoms with Crippen molar-refractivity contribution in [1.29, 1.82) is 0 Å². The molecule has 1 atom stereocenters. The fourth-order valence-corrected chi connectivity index (χ4v) is 4.19. The monoisotopic (exact) mass is 323 g/mol. The largest absolute Gasteiger partial charge is 0.466 e. The van der Waals surface area contributed by atoms with Crippen molar-refractivity contribution in [3.63, 3.8) is 0 Å². The van der Waals surface area contributed by atoms with Crippen molar-refractivity contribution in [3.8, 4) is 0 Å². The molecule has 1 aromatic heterocycles. The number of rotatable bonds is 3. The van der Waals surface area contributed by atoms with Crippen molar-refractivity contribution in [2.45, 2.75) is 19.8 Å². The molecule has 6 nitrogen and oxygen atoms in total. The molecular formula is C15H21N3O3S. The van der Waals surface area contributed by atoms with E-state index in [4.69, 9.17) is 4.74 Å². The average Bonchev–Trinajstić information content (AvgIpc) is 3.16. The first-order valence-corrected chi connectivity index (χ1v) is 8.59. The Labute approximate surface area is 133 Å². The third-order valence-electron chi connectivity index (χ3n) is 4.75. The highest BCUT2D eigenvalue weighted by Gasteiger charge is 2.52. The Bertz CT molecular complexity index is 540. The quantitative estimate of drug-likeness (QED) is 0.845.